The van der Waals surface area contributed by atoms with Crippen molar-refractivity contribution in [3.8, 4) is 88.4 Å². The molecular weight excluding hydrogens is 1240 g/mol. The Hall–Kier alpha value is -9.12. The fourth-order valence-electron chi connectivity index (χ4n) is 10.5. The number of nitrogens with one attached hydrogen (secondary N) is 2. The molecule has 2 aliphatic heterocycles. The van der Waals surface area contributed by atoms with Crippen molar-refractivity contribution in [2.45, 2.75) is 109 Å². The summed E-state index contributed by atoms with van der Waals surface area (Å²) in [5, 5.41) is 11.7. The van der Waals surface area contributed by atoms with E-state index in [1.165, 1.54) is 11.3 Å². The maximum atomic E-state index is 11.5. The van der Waals surface area contributed by atoms with Crippen LogP contribution in [-0.4, -0.2) is 65.4 Å². The second-order valence-electron chi connectivity index (χ2n) is 29.2. The lowest BCUT2D eigenvalue weighted by molar-refractivity contribution is -0.380. The van der Waals surface area contributed by atoms with Crippen LogP contribution in [0, 0.1) is 55.5 Å². The Morgan fingerprint density at radius 2 is 0.821 bits per heavy atom. The summed E-state index contributed by atoms with van der Waals surface area (Å²) in [6, 6.07) is 40.6. The maximum absolute atomic E-state index is 11.5. The molecule has 11 rings (SSSR count). The minimum absolute atomic E-state index is 0.0578. The molecule has 12 nitrogen and oxygen atoms in total. The van der Waals surface area contributed by atoms with Crippen LogP contribution >= 0.6 is 34.0 Å². The topological polar surface area (TPSA) is 141 Å². The molecule has 0 aliphatic carbocycles. The van der Waals surface area contributed by atoms with Crippen LogP contribution in [0.4, 0.5) is 10.7 Å². The van der Waals surface area contributed by atoms with Gasteiger partial charge in [0.25, 0.3) is 0 Å². The number of rotatable bonds is 18. The van der Waals surface area contributed by atoms with Gasteiger partial charge in [-0.2, -0.15) is 0 Å². The molecule has 6 aromatic heterocycles. The first-order valence-electron chi connectivity index (χ1n) is 32.4. The van der Waals surface area contributed by atoms with Crippen molar-refractivity contribution in [3.05, 3.63) is 176 Å². The zero-order chi connectivity index (χ0) is 67.4. The first-order valence-corrected chi connectivity index (χ1v) is 34.8. The van der Waals surface area contributed by atoms with Crippen LogP contribution in [0.5, 0.6) is 23.0 Å². The standard InChI is InChI=1S/C80H84N6O6S3/c1-77(2,3)37-41-89-55-45-52(46-56(49-55)90-42-38-78(4,5)6)75-66-28-26-64(82-66)60(22-17-51-15-18-54(19-16-51)85(13)14)62-24-25-63(81-62)61(23-20-59-21-32-70(93-59)71-33-34-72(94-71)73-35-36-74(95-73)86(87)88)65-27-29-67(83-65)76(69-31-30-68(75)84-69)53-47-57(91-43-39-79(7,8)9)50-58(48-53)92-44-40-80(10,11)12/h15-16,18-19,21,24-36,45-50,82-83H,37-44H2,1-14H3. The quantitative estimate of drug-likeness (QED) is 0.0488. The molecule has 0 fully saturated rings. The van der Waals surface area contributed by atoms with Crippen LogP contribution in [0.2, 0.25) is 0 Å². The van der Waals surface area contributed by atoms with E-state index >= 15 is 0 Å². The van der Waals surface area contributed by atoms with Gasteiger partial charge in [-0.1, -0.05) is 118 Å². The second kappa shape index (κ2) is 28.1. The minimum atomic E-state index is -0.343. The van der Waals surface area contributed by atoms with Gasteiger partial charge in [0.2, 0.25) is 0 Å². The van der Waals surface area contributed by atoms with Gasteiger partial charge in [0.1, 0.15) is 23.0 Å². The summed E-state index contributed by atoms with van der Waals surface area (Å²) in [4.78, 5) is 37.0. The summed E-state index contributed by atoms with van der Waals surface area (Å²) < 4.78 is 26.7. The highest BCUT2D eigenvalue weighted by molar-refractivity contribution is 7.27. The lowest BCUT2D eigenvalue weighted by atomic mass is 9.93. The largest absolute Gasteiger partial charge is 0.493 e. The number of nitro groups is 1. The van der Waals surface area contributed by atoms with Gasteiger partial charge in [-0.05, 0) is 186 Å². The van der Waals surface area contributed by atoms with E-state index in [0.29, 0.717) is 71.9 Å². The van der Waals surface area contributed by atoms with Crippen LogP contribution in [0.3, 0.4) is 0 Å². The van der Waals surface area contributed by atoms with Crippen molar-refractivity contribution in [2.24, 2.45) is 21.7 Å². The summed E-state index contributed by atoms with van der Waals surface area (Å²) in [6.45, 7) is 28.8. The number of hydrogen-bond donors (Lipinski definition) is 2. The number of nitrogens with zero attached hydrogens (tertiary/aromatic N) is 4. The molecule has 8 heterocycles. The van der Waals surface area contributed by atoms with Crippen LogP contribution in [0.1, 0.15) is 153 Å². The minimum Gasteiger partial charge on any atom is -0.493 e. The Morgan fingerprint density at radius 3 is 1.24 bits per heavy atom. The molecule has 15 heteroatoms. The molecule has 9 aromatic rings. The van der Waals surface area contributed by atoms with Gasteiger partial charge in [0.05, 0.1) is 86.0 Å². The van der Waals surface area contributed by atoms with E-state index < -0.39 is 0 Å². The van der Waals surface area contributed by atoms with Crippen molar-refractivity contribution in [2.75, 3.05) is 45.4 Å². The molecule has 2 N–H and O–H groups in total. The van der Waals surface area contributed by atoms with E-state index in [2.05, 4.69) is 207 Å². The van der Waals surface area contributed by atoms with Crippen LogP contribution in [0.15, 0.2) is 121 Å². The van der Waals surface area contributed by atoms with E-state index in [-0.39, 0.29) is 31.6 Å². The molecule has 0 saturated heterocycles. The number of H-pyrrole nitrogens is 2. The molecule has 0 saturated carbocycles. The number of fused-ring (bicyclic) bond motifs is 8. The highest BCUT2D eigenvalue weighted by atomic mass is 32.1. The molecule has 0 amide bonds. The summed E-state index contributed by atoms with van der Waals surface area (Å²) in [5.41, 5.74) is 12.8. The third-order valence-corrected chi connectivity index (χ3v) is 19.6. The molecule has 0 spiro atoms. The molecule has 488 valence electrons. The lowest BCUT2D eigenvalue weighted by Crippen LogP contribution is -2.12. The number of anilines is 1. The van der Waals surface area contributed by atoms with Gasteiger partial charge >= 0.3 is 5.00 Å². The predicted molar refractivity (Wildman–Crippen MR) is 398 cm³/mol. The SMILES string of the molecule is CN(C)c1ccc(C#Cc2c3nc(c(C#Cc4ccc(-c5ccc(-c6ccc([N+](=O)[O-])s6)s5)s4)c4ccc([nH]4)c(-c4cc(OCCC(C)(C)C)cc(OCCC(C)(C)C)c4)c4nc(c(-c5cc(OCCC(C)(C)C)cc(OCCC(C)(C)C)c5)c5ccc2[nH]5)C=C4)C=C3)cc1. The van der Waals surface area contributed by atoms with Crippen molar-refractivity contribution < 1.29 is 23.9 Å². The van der Waals surface area contributed by atoms with E-state index in [1.807, 2.05) is 68.7 Å². The van der Waals surface area contributed by atoms with E-state index in [1.54, 1.807) is 28.7 Å². The molecule has 95 heavy (non-hydrogen) atoms. The Kier molecular flexibility index (Phi) is 19.9. The van der Waals surface area contributed by atoms with Gasteiger partial charge in [-0.25, -0.2) is 9.97 Å². The summed E-state index contributed by atoms with van der Waals surface area (Å²) >= 11 is 4.38. The lowest BCUT2D eigenvalue weighted by Gasteiger charge is -2.20. The number of aromatic amines is 2. The van der Waals surface area contributed by atoms with Gasteiger partial charge in [0.15, 0.2) is 0 Å². The normalized spacial score (nSPS) is 12.3. The van der Waals surface area contributed by atoms with Crippen molar-refractivity contribution in [3.63, 3.8) is 0 Å². The first kappa shape index (κ1) is 67.3. The average molecular weight is 1320 g/mol. The van der Waals surface area contributed by atoms with E-state index in [0.717, 1.165) is 117 Å². The Bertz CT molecular complexity index is 4620. The smallest absolute Gasteiger partial charge is 0.324 e. The molecule has 8 bridgehead atoms. The van der Waals surface area contributed by atoms with E-state index in [4.69, 9.17) is 28.9 Å². The van der Waals surface area contributed by atoms with Gasteiger partial charge in [-0.3, -0.25) is 10.1 Å². The van der Waals surface area contributed by atoms with Crippen LogP contribution in [0.25, 0.3) is 88.1 Å². The molecule has 3 aromatic carbocycles. The number of thiophene rings is 3. The molecule has 2 aliphatic rings. The fraction of sp³-hybridized carbons (Fsp3) is 0.325. The van der Waals surface area contributed by atoms with Gasteiger partial charge in [-0.15, -0.1) is 22.7 Å². The van der Waals surface area contributed by atoms with Gasteiger partial charge in [0, 0.05) is 80.3 Å². The number of hydrogen-bond acceptors (Lipinski definition) is 12. The predicted octanol–water partition coefficient (Wildman–Crippen LogP) is 21.5. The number of aromatic nitrogens is 4. The average Bonchev–Trinajstić information content (AvgIpc) is 1.67. The summed E-state index contributed by atoms with van der Waals surface area (Å²) in [5.74, 6) is 17.1. The summed E-state index contributed by atoms with van der Waals surface area (Å²) in [7, 11) is 4.06. The fourth-order valence-corrected chi connectivity index (χ4v) is 13.4. The monoisotopic (exact) mass is 1320 g/mol. The first-order chi connectivity index (χ1) is 45.1. The van der Waals surface area contributed by atoms with Crippen LogP contribution < -0.4 is 23.8 Å². The maximum Gasteiger partial charge on any atom is 0.324 e. The van der Waals surface area contributed by atoms with Gasteiger partial charge < -0.3 is 33.8 Å². The second-order valence-corrected chi connectivity index (χ2v) is 32.4. The summed E-state index contributed by atoms with van der Waals surface area (Å²) in [6.07, 6.45) is 11.7. The molecule has 0 atom stereocenters. The zero-order valence-corrected chi connectivity index (χ0v) is 59.4. The highest BCUT2D eigenvalue weighted by Crippen LogP contribution is 2.43. The molecular formula is C80H84N6O6S3. The highest BCUT2D eigenvalue weighted by Gasteiger charge is 2.23. The number of ether oxygens (including phenoxy) is 4. The number of benzene rings is 3. The van der Waals surface area contributed by atoms with E-state index in [9.17, 15) is 10.1 Å². The molecule has 0 unspecified atom stereocenters. The van der Waals surface area contributed by atoms with Crippen molar-refractivity contribution in [1.82, 2.24) is 19.9 Å². The Labute approximate surface area is 571 Å². The molecule has 0 radical (unpaired) electrons. The van der Waals surface area contributed by atoms with Crippen molar-refractivity contribution in [1.29, 1.82) is 0 Å². The van der Waals surface area contributed by atoms with Crippen LogP contribution in [-0.2, 0) is 0 Å². The Balaban J connectivity index is 1.17. The third-order valence-electron chi connectivity index (χ3n) is 16.1. The zero-order valence-electron chi connectivity index (χ0n) is 57.0. The third kappa shape index (κ3) is 17.6. The Morgan fingerprint density at radius 1 is 0.442 bits per heavy atom. The van der Waals surface area contributed by atoms with Crippen molar-refractivity contribution >= 4 is 91.1 Å².